The van der Waals surface area contributed by atoms with Gasteiger partial charge in [0, 0.05) is 48.0 Å². The van der Waals surface area contributed by atoms with Crippen LogP contribution in [0.4, 0.5) is 32.0 Å². The molecule has 1 N–H and O–H groups in total. The van der Waals surface area contributed by atoms with Gasteiger partial charge in [-0.15, -0.1) is 11.3 Å². The molecule has 0 saturated heterocycles. The number of anilines is 1. The maximum atomic E-state index is 12.9. The van der Waals surface area contributed by atoms with Crippen LogP contribution in [-0.4, -0.2) is 22.3 Å². The number of fused-ring (bicyclic) bond motifs is 1. The fourth-order valence-electron chi connectivity index (χ4n) is 3.67. The number of hydrogen-bond donors (Lipinski definition) is 1. The van der Waals surface area contributed by atoms with Crippen molar-refractivity contribution in [3.8, 4) is 0 Å². The molecule has 0 spiro atoms. The minimum absolute atomic E-state index is 0.0456. The minimum atomic E-state index is -4.51. The summed E-state index contributed by atoms with van der Waals surface area (Å²) in [7, 11) is 0. The first kappa shape index (κ1) is 23.2. The third kappa shape index (κ3) is 5.36. The third-order valence-electron chi connectivity index (χ3n) is 5.25. The number of benzene rings is 1. The lowest BCUT2D eigenvalue weighted by Crippen LogP contribution is -2.30. The number of alkyl halides is 6. The normalized spacial score (nSPS) is 14.7. The highest BCUT2D eigenvalue weighted by molar-refractivity contribution is 7.10. The van der Waals surface area contributed by atoms with Crippen molar-refractivity contribution in [1.29, 1.82) is 0 Å². The zero-order chi connectivity index (χ0) is 23.8. The van der Waals surface area contributed by atoms with Crippen molar-refractivity contribution in [2.45, 2.75) is 31.9 Å². The molecule has 0 radical (unpaired) electrons. The maximum Gasteiger partial charge on any atom is 0.417 e. The minimum Gasteiger partial charge on any atom is -0.322 e. The molecule has 2 aromatic heterocycles. The van der Waals surface area contributed by atoms with Gasteiger partial charge in [0.05, 0.1) is 16.7 Å². The van der Waals surface area contributed by atoms with E-state index in [0.717, 1.165) is 34.8 Å². The monoisotopic (exact) mass is 485 g/mol. The molecule has 33 heavy (non-hydrogen) atoms. The average molecular weight is 485 g/mol. The highest BCUT2D eigenvalue weighted by atomic mass is 32.1. The van der Waals surface area contributed by atoms with Gasteiger partial charge in [0.25, 0.3) is 5.91 Å². The molecule has 0 aliphatic carbocycles. The highest BCUT2D eigenvalue weighted by Crippen LogP contribution is 2.33. The van der Waals surface area contributed by atoms with E-state index in [1.807, 2.05) is 4.90 Å². The molecule has 1 aliphatic heterocycles. The van der Waals surface area contributed by atoms with Gasteiger partial charge in [0.1, 0.15) is 0 Å². The van der Waals surface area contributed by atoms with Crippen molar-refractivity contribution in [3.63, 3.8) is 0 Å². The van der Waals surface area contributed by atoms with E-state index in [9.17, 15) is 31.1 Å². The second-order valence-corrected chi connectivity index (χ2v) is 8.59. The number of rotatable bonds is 4. The summed E-state index contributed by atoms with van der Waals surface area (Å²) in [6.45, 7) is 1.25. The SMILES string of the molecule is O=C(Nc1cccc(C(F)(F)F)c1)c1csc2c1CCN(Cc1cncc(C(F)(F)F)c1)C2. The van der Waals surface area contributed by atoms with Crippen molar-refractivity contribution >= 4 is 22.9 Å². The smallest absolute Gasteiger partial charge is 0.322 e. The lowest BCUT2D eigenvalue weighted by molar-refractivity contribution is -0.138. The van der Waals surface area contributed by atoms with Crippen molar-refractivity contribution in [2.75, 3.05) is 11.9 Å². The lowest BCUT2D eigenvalue weighted by atomic mass is 10.0. The van der Waals surface area contributed by atoms with Gasteiger partial charge < -0.3 is 5.32 Å². The number of amides is 1. The first-order chi connectivity index (χ1) is 15.5. The summed E-state index contributed by atoms with van der Waals surface area (Å²) in [5.41, 5.74) is 0.0297. The van der Waals surface area contributed by atoms with Crippen LogP contribution in [0.25, 0.3) is 0 Å². The van der Waals surface area contributed by atoms with Crippen LogP contribution in [0.2, 0.25) is 0 Å². The van der Waals surface area contributed by atoms with Gasteiger partial charge in [-0.25, -0.2) is 0 Å². The fourth-order valence-corrected chi connectivity index (χ4v) is 4.79. The van der Waals surface area contributed by atoms with Gasteiger partial charge in [0.2, 0.25) is 0 Å². The van der Waals surface area contributed by atoms with Crippen molar-refractivity contribution in [2.24, 2.45) is 0 Å². The largest absolute Gasteiger partial charge is 0.417 e. The molecule has 0 unspecified atom stereocenters. The van der Waals surface area contributed by atoms with E-state index in [1.165, 1.54) is 29.7 Å². The Balaban J connectivity index is 1.44. The molecule has 174 valence electrons. The van der Waals surface area contributed by atoms with E-state index in [-0.39, 0.29) is 12.2 Å². The van der Waals surface area contributed by atoms with E-state index in [2.05, 4.69) is 10.3 Å². The topological polar surface area (TPSA) is 45.2 Å². The first-order valence-electron chi connectivity index (χ1n) is 9.82. The van der Waals surface area contributed by atoms with E-state index in [0.29, 0.717) is 30.6 Å². The lowest BCUT2D eigenvalue weighted by Gasteiger charge is -2.27. The van der Waals surface area contributed by atoms with Crippen LogP contribution in [-0.2, 0) is 31.9 Å². The van der Waals surface area contributed by atoms with Crippen molar-refractivity contribution in [1.82, 2.24) is 9.88 Å². The molecular formula is C22H17F6N3OS. The third-order valence-corrected chi connectivity index (χ3v) is 6.26. The molecule has 1 aromatic carbocycles. The molecule has 3 heterocycles. The average Bonchev–Trinajstić information content (AvgIpc) is 3.16. The first-order valence-corrected chi connectivity index (χ1v) is 10.7. The molecule has 4 rings (SSSR count). The van der Waals surface area contributed by atoms with Gasteiger partial charge >= 0.3 is 12.4 Å². The summed E-state index contributed by atoms with van der Waals surface area (Å²) in [5.74, 6) is -0.498. The van der Waals surface area contributed by atoms with Crippen molar-refractivity contribution < 1.29 is 31.1 Å². The highest BCUT2D eigenvalue weighted by Gasteiger charge is 2.32. The molecule has 0 fully saturated rings. The maximum absolute atomic E-state index is 12.9. The molecule has 3 aromatic rings. The summed E-state index contributed by atoms with van der Waals surface area (Å²) in [6.07, 6.45) is -6.30. The van der Waals surface area contributed by atoms with Crippen LogP contribution in [0.5, 0.6) is 0 Å². The molecule has 1 amide bonds. The van der Waals surface area contributed by atoms with Crippen LogP contribution in [0.15, 0.2) is 48.1 Å². The van der Waals surface area contributed by atoms with Gasteiger partial charge in [-0.1, -0.05) is 6.07 Å². The predicted octanol–water partition coefficient (Wildman–Crippen LogP) is 5.99. The summed E-state index contributed by atoms with van der Waals surface area (Å²) >= 11 is 1.34. The van der Waals surface area contributed by atoms with E-state index < -0.39 is 29.4 Å². The zero-order valence-corrected chi connectivity index (χ0v) is 17.7. The zero-order valence-electron chi connectivity index (χ0n) is 16.9. The van der Waals surface area contributed by atoms with Crippen molar-refractivity contribution in [3.05, 3.63) is 80.8 Å². The Morgan fingerprint density at radius 2 is 1.82 bits per heavy atom. The number of carbonyl (C=O) groups excluding carboxylic acids is 1. The number of carbonyl (C=O) groups is 1. The Hall–Kier alpha value is -2.92. The van der Waals surface area contributed by atoms with Gasteiger partial charge in [-0.3, -0.25) is 14.7 Å². The second kappa shape index (κ2) is 8.79. The number of aromatic nitrogens is 1. The van der Waals surface area contributed by atoms with Crippen LogP contribution >= 0.6 is 11.3 Å². The van der Waals surface area contributed by atoms with E-state index >= 15 is 0 Å². The molecule has 4 nitrogen and oxygen atoms in total. The Labute approximate surface area is 188 Å². The van der Waals surface area contributed by atoms with Crippen LogP contribution in [0, 0.1) is 0 Å². The fraction of sp³-hybridized carbons (Fsp3) is 0.273. The van der Waals surface area contributed by atoms with E-state index in [1.54, 1.807) is 5.38 Å². The quantitative estimate of drug-likeness (QED) is 0.462. The van der Waals surface area contributed by atoms with Gasteiger partial charge in [0.15, 0.2) is 0 Å². The molecule has 0 bridgehead atoms. The summed E-state index contributed by atoms with van der Waals surface area (Å²) < 4.78 is 77.4. The van der Waals surface area contributed by atoms with Crippen LogP contribution < -0.4 is 5.32 Å². The Bertz CT molecular complexity index is 1170. The van der Waals surface area contributed by atoms with Gasteiger partial charge in [-0.2, -0.15) is 26.3 Å². The standard InChI is InChI=1S/C22H17F6N3OS/c23-21(24,25)14-2-1-3-16(7-14)30-20(32)18-12-33-19-11-31(5-4-17(18)19)10-13-6-15(9-29-8-13)22(26,27)28/h1-3,6-9,12H,4-5,10-11H2,(H,30,32). The number of hydrogen-bond acceptors (Lipinski definition) is 4. The predicted molar refractivity (Wildman–Crippen MR) is 111 cm³/mol. The molecule has 1 aliphatic rings. The molecule has 11 heteroatoms. The second-order valence-electron chi connectivity index (χ2n) is 7.62. The summed E-state index contributed by atoms with van der Waals surface area (Å²) in [5, 5.41) is 4.17. The Kier molecular flexibility index (Phi) is 6.19. The Morgan fingerprint density at radius 1 is 1.06 bits per heavy atom. The molecular weight excluding hydrogens is 468 g/mol. The number of nitrogens with zero attached hydrogens (tertiary/aromatic N) is 2. The molecule has 0 atom stereocenters. The molecule has 0 saturated carbocycles. The number of halogens is 6. The van der Waals surface area contributed by atoms with Crippen LogP contribution in [0.3, 0.4) is 0 Å². The summed E-state index contributed by atoms with van der Waals surface area (Å²) in [4.78, 5) is 19.2. The number of pyridine rings is 1. The number of nitrogens with one attached hydrogen (secondary N) is 1. The van der Waals surface area contributed by atoms with Gasteiger partial charge in [-0.05, 0) is 41.8 Å². The summed E-state index contributed by atoms with van der Waals surface area (Å²) in [6, 6.07) is 5.49. The number of thiophene rings is 1. The van der Waals surface area contributed by atoms with Crippen LogP contribution in [0.1, 0.15) is 37.5 Å². The Morgan fingerprint density at radius 3 is 2.55 bits per heavy atom. The van der Waals surface area contributed by atoms with E-state index in [4.69, 9.17) is 0 Å².